The molecule has 0 spiro atoms. The molecule has 0 amide bonds. The van der Waals surface area contributed by atoms with Crippen molar-refractivity contribution in [2.45, 2.75) is 13.8 Å². The van der Waals surface area contributed by atoms with Crippen molar-refractivity contribution in [1.29, 1.82) is 5.41 Å². The standard InChI is InChI=1S/C14H18N2O2/c1-10(15)14(11(2)17)13(18)9-16(3)12-7-5-4-6-8-12/h4-8,15,18H,9H2,1-3H3/b14-13-,15-10?. The number of likely N-dealkylation sites (N-methyl/N-ethyl adjacent to an activating group) is 1. The number of carbonyl (C=O) groups excluding carboxylic acids is 1. The minimum Gasteiger partial charge on any atom is -0.510 e. The Morgan fingerprint density at radius 1 is 1.28 bits per heavy atom. The maximum atomic E-state index is 11.4. The number of anilines is 1. The van der Waals surface area contributed by atoms with E-state index in [1.165, 1.54) is 13.8 Å². The summed E-state index contributed by atoms with van der Waals surface area (Å²) in [6.07, 6.45) is 0. The molecule has 0 aliphatic carbocycles. The highest BCUT2D eigenvalue weighted by Crippen LogP contribution is 2.14. The van der Waals surface area contributed by atoms with Gasteiger partial charge in [-0.25, -0.2) is 0 Å². The molecule has 0 aromatic heterocycles. The van der Waals surface area contributed by atoms with Crippen LogP contribution in [0, 0.1) is 5.41 Å². The molecular formula is C14H18N2O2. The van der Waals surface area contributed by atoms with E-state index in [2.05, 4.69) is 0 Å². The molecular weight excluding hydrogens is 228 g/mol. The number of carbonyl (C=O) groups is 1. The summed E-state index contributed by atoms with van der Waals surface area (Å²) in [7, 11) is 1.82. The van der Waals surface area contributed by atoms with Crippen molar-refractivity contribution in [2.24, 2.45) is 0 Å². The van der Waals surface area contributed by atoms with Crippen molar-refractivity contribution in [2.75, 3.05) is 18.5 Å². The zero-order valence-electron chi connectivity index (χ0n) is 10.9. The number of benzene rings is 1. The first kappa shape index (κ1) is 14.0. The Hall–Kier alpha value is -2.10. The van der Waals surface area contributed by atoms with Gasteiger partial charge in [0, 0.05) is 18.4 Å². The summed E-state index contributed by atoms with van der Waals surface area (Å²) in [5.41, 5.74) is 1.12. The highest BCUT2D eigenvalue weighted by molar-refractivity contribution is 6.20. The number of aliphatic hydroxyl groups excluding tert-OH is 1. The zero-order chi connectivity index (χ0) is 13.7. The average Bonchev–Trinajstić information content (AvgIpc) is 2.28. The third-order valence-electron chi connectivity index (χ3n) is 2.60. The first-order chi connectivity index (χ1) is 8.43. The lowest BCUT2D eigenvalue weighted by Crippen LogP contribution is -2.23. The van der Waals surface area contributed by atoms with Crippen molar-refractivity contribution in [1.82, 2.24) is 0 Å². The van der Waals surface area contributed by atoms with Crippen molar-refractivity contribution < 1.29 is 9.90 Å². The number of hydrogen-bond acceptors (Lipinski definition) is 4. The lowest BCUT2D eigenvalue weighted by atomic mass is 10.1. The molecule has 1 aromatic rings. The molecule has 0 fully saturated rings. The fraction of sp³-hybridized carbons (Fsp3) is 0.286. The molecule has 2 N–H and O–H groups in total. The first-order valence-electron chi connectivity index (χ1n) is 5.68. The van der Waals surface area contributed by atoms with Crippen LogP contribution in [0.5, 0.6) is 0 Å². The highest BCUT2D eigenvalue weighted by Gasteiger charge is 2.14. The van der Waals surface area contributed by atoms with Gasteiger partial charge in [-0.2, -0.15) is 0 Å². The van der Waals surface area contributed by atoms with Crippen LogP contribution < -0.4 is 4.90 Å². The molecule has 0 bridgehead atoms. The number of hydrogen-bond donors (Lipinski definition) is 2. The molecule has 0 atom stereocenters. The number of aliphatic hydroxyl groups is 1. The first-order valence-corrected chi connectivity index (χ1v) is 5.68. The number of Topliss-reactive ketones (excluding diaryl/α,β-unsaturated/α-hetero) is 1. The van der Waals surface area contributed by atoms with Crippen LogP contribution in [-0.2, 0) is 4.79 Å². The summed E-state index contributed by atoms with van der Waals surface area (Å²) in [5, 5.41) is 17.5. The molecule has 0 heterocycles. The van der Waals surface area contributed by atoms with Crippen LogP contribution in [0.4, 0.5) is 5.69 Å². The zero-order valence-corrected chi connectivity index (χ0v) is 10.9. The summed E-state index contributed by atoms with van der Waals surface area (Å²) in [4.78, 5) is 13.2. The minimum atomic E-state index is -0.290. The van der Waals surface area contributed by atoms with Crippen LogP contribution in [0.25, 0.3) is 0 Å². The summed E-state index contributed by atoms with van der Waals surface area (Å²) >= 11 is 0. The SMILES string of the molecule is CC(=N)/C(C(C)=O)=C(/O)CN(C)c1ccccc1. The normalized spacial score (nSPS) is 11.7. The van der Waals surface area contributed by atoms with Crippen LogP contribution in [0.1, 0.15) is 13.8 Å². The smallest absolute Gasteiger partial charge is 0.165 e. The number of ketones is 1. The molecule has 0 radical (unpaired) electrons. The predicted octanol–water partition coefficient (Wildman–Crippen LogP) is 2.56. The Morgan fingerprint density at radius 2 is 1.83 bits per heavy atom. The fourth-order valence-electron chi connectivity index (χ4n) is 1.76. The number of para-hydroxylation sites is 1. The lowest BCUT2D eigenvalue weighted by Gasteiger charge is -2.19. The Morgan fingerprint density at radius 3 is 2.28 bits per heavy atom. The van der Waals surface area contributed by atoms with Gasteiger partial charge in [0.25, 0.3) is 0 Å². The lowest BCUT2D eigenvalue weighted by molar-refractivity contribution is -0.113. The predicted molar refractivity (Wildman–Crippen MR) is 73.4 cm³/mol. The average molecular weight is 246 g/mol. The van der Waals surface area contributed by atoms with Crippen LogP contribution in [0.15, 0.2) is 41.7 Å². The van der Waals surface area contributed by atoms with Gasteiger partial charge in [0.05, 0.1) is 12.1 Å². The molecule has 1 rings (SSSR count). The van der Waals surface area contributed by atoms with Crippen molar-refractivity contribution >= 4 is 17.2 Å². The highest BCUT2D eigenvalue weighted by atomic mass is 16.3. The van der Waals surface area contributed by atoms with E-state index in [9.17, 15) is 9.90 Å². The topological polar surface area (TPSA) is 64.4 Å². The van der Waals surface area contributed by atoms with E-state index in [4.69, 9.17) is 5.41 Å². The summed E-state index contributed by atoms with van der Waals surface area (Å²) in [6, 6.07) is 9.55. The second-order valence-corrected chi connectivity index (χ2v) is 4.19. The maximum Gasteiger partial charge on any atom is 0.165 e. The molecule has 18 heavy (non-hydrogen) atoms. The van der Waals surface area contributed by atoms with E-state index >= 15 is 0 Å². The molecule has 0 saturated heterocycles. The number of rotatable bonds is 5. The molecule has 4 heteroatoms. The van der Waals surface area contributed by atoms with Crippen LogP contribution in [0.2, 0.25) is 0 Å². The molecule has 0 saturated carbocycles. The summed E-state index contributed by atoms with van der Waals surface area (Å²) in [5.74, 6) is -0.359. The van der Waals surface area contributed by atoms with Gasteiger partial charge < -0.3 is 15.4 Å². The minimum absolute atomic E-state index is 0.0682. The van der Waals surface area contributed by atoms with E-state index in [1.54, 1.807) is 0 Å². The van der Waals surface area contributed by atoms with Crippen LogP contribution in [-0.4, -0.2) is 30.2 Å². The molecule has 4 nitrogen and oxygen atoms in total. The fourth-order valence-corrected chi connectivity index (χ4v) is 1.76. The van der Waals surface area contributed by atoms with Crippen molar-refractivity contribution in [3.8, 4) is 0 Å². The van der Waals surface area contributed by atoms with Gasteiger partial charge >= 0.3 is 0 Å². The third kappa shape index (κ3) is 3.45. The van der Waals surface area contributed by atoms with E-state index in [0.29, 0.717) is 0 Å². The van der Waals surface area contributed by atoms with E-state index in [0.717, 1.165) is 5.69 Å². The Balaban J connectivity index is 2.93. The Bertz CT molecular complexity index is 462. The maximum absolute atomic E-state index is 11.4. The molecule has 96 valence electrons. The Kier molecular flexibility index (Phi) is 4.66. The third-order valence-corrected chi connectivity index (χ3v) is 2.60. The monoisotopic (exact) mass is 246 g/mol. The van der Waals surface area contributed by atoms with E-state index in [-0.39, 0.29) is 29.4 Å². The van der Waals surface area contributed by atoms with Gasteiger partial charge in [-0.05, 0) is 26.0 Å². The van der Waals surface area contributed by atoms with Gasteiger partial charge in [-0.15, -0.1) is 0 Å². The largest absolute Gasteiger partial charge is 0.510 e. The quantitative estimate of drug-likeness (QED) is 0.477. The van der Waals surface area contributed by atoms with Gasteiger partial charge in [0.15, 0.2) is 5.78 Å². The van der Waals surface area contributed by atoms with Gasteiger partial charge in [0.2, 0.25) is 0 Å². The van der Waals surface area contributed by atoms with Gasteiger partial charge in [0.1, 0.15) is 5.76 Å². The Labute approximate surface area is 107 Å². The van der Waals surface area contributed by atoms with E-state index < -0.39 is 0 Å². The molecule has 0 aliphatic rings. The molecule has 1 aromatic carbocycles. The van der Waals surface area contributed by atoms with Crippen molar-refractivity contribution in [3.63, 3.8) is 0 Å². The second-order valence-electron chi connectivity index (χ2n) is 4.19. The van der Waals surface area contributed by atoms with Gasteiger partial charge in [-0.3, -0.25) is 4.79 Å². The number of nitrogens with one attached hydrogen (secondary N) is 1. The molecule has 0 unspecified atom stereocenters. The second kappa shape index (κ2) is 6.00. The number of allylic oxidation sites excluding steroid dienone is 1. The van der Waals surface area contributed by atoms with Crippen LogP contribution in [0.3, 0.4) is 0 Å². The molecule has 0 aliphatic heterocycles. The number of nitrogens with zero attached hydrogens (tertiary/aromatic N) is 1. The van der Waals surface area contributed by atoms with Gasteiger partial charge in [-0.1, -0.05) is 18.2 Å². The summed E-state index contributed by atoms with van der Waals surface area (Å²) in [6.45, 7) is 3.05. The summed E-state index contributed by atoms with van der Waals surface area (Å²) < 4.78 is 0. The van der Waals surface area contributed by atoms with Crippen molar-refractivity contribution in [3.05, 3.63) is 41.7 Å². The van der Waals surface area contributed by atoms with Crippen LogP contribution >= 0.6 is 0 Å². The van der Waals surface area contributed by atoms with E-state index in [1.807, 2.05) is 42.3 Å².